The molecule has 1 saturated carbocycles. The molecule has 27 heavy (non-hydrogen) atoms. The minimum Gasteiger partial charge on any atom is -0.352 e. The molecule has 1 aliphatic carbocycles. The molecular formula is C19H35N3O4S. The summed E-state index contributed by atoms with van der Waals surface area (Å²) in [5.41, 5.74) is 0. The van der Waals surface area contributed by atoms with E-state index in [1.807, 2.05) is 13.8 Å². The van der Waals surface area contributed by atoms with Crippen molar-refractivity contribution < 1.29 is 18.0 Å². The highest BCUT2D eigenvalue weighted by atomic mass is 32.2. The quantitative estimate of drug-likeness (QED) is 0.634. The summed E-state index contributed by atoms with van der Waals surface area (Å²) in [5.74, 6) is 0.202. The molecule has 2 aliphatic rings. The average molecular weight is 402 g/mol. The number of nitrogens with one attached hydrogen (secondary N) is 3. The van der Waals surface area contributed by atoms with Gasteiger partial charge in [0.2, 0.25) is 5.91 Å². The molecule has 0 radical (unpaired) electrons. The molecule has 7 nitrogen and oxygen atoms in total. The third kappa shape index (κ3) is 8.07. The van der Waals surface area contributed by atoms with Crippen molar-refractivity contribution in [3.8, 4) is 0 Å². The van der Waals surface area contributed by atoms with Crippen LogP contribution in [0.15, 0.2) is 0 Å². The van der Waals surface area contributed by atoms with Crippen LogP contribution in [0.2, 0.25) is 0 Å². The first-order valence-electron chi connectivity index (χ1n) is 10.3. The van der Waals surface area contributed by atoms with Gasteiger partial charge in [-0.2, -0.15) is 0 Å². The summed E-state index contributed by atoms with van der Waals surface area (Å²) < 4.78 is 23.1. The molecule has 2 fully saturated rings. The van der Waals surface area contributed by atoms with Gasteiger partial charge in [-0.25, -0.2) is 13.2 Å². The number of hydrogen-bond acceptors (Lipinski definition) is 4. The Hall–Kier alpha value is -1.31. The van der Waals surface area contributed by atoms with Crippen molar-refractivity contribution in [2.75, 3.05) is 11.5 Å². The van der Waals surface area contributed by atoms with E-state index in [0.29, 0.717) is 12.8 Å². The van der Waals surface area contributed by atoms with Crippen LogP contribution in [0.4, 0.5) is 4.79 Å². The summed E-state index contributed by atoms with van der Waals surface area (Å²) in [5, 5.41) is 8.60. The maximum absolute atomic E-state index is 12.8. The van der Waals surface area contributed by atoms with Gasteiger partial charge < -0.3 is 16.0 Å². The Morgan fingerprint density at radius 1 is 0.926 bits per heavy atom. The molecule has 1 heterocycles. The van der Waals surface area contributed by atoms with Crippen LogP contribution in [-0.4, -0.2) is 50.0 Å². The van der Waals surface area contributed by atoms with E-state index in [0.717, 1.165) is 25.7 Å². The zero-order valence-electron chi connectivity index (χ0n) is 16.6. The van der Waals surface area contributed by atoms with Crippen molar-refractivity contribution in [3.63, 3.8) is 0 Å². The topological polar surface area (TPSA) is 104 Å². The number of carbonyl (C=O) groups is 2. The molecule has 0 bridgehead atoms. The van der Waals surface area contributed by atoms with Gasteiger partial charge in [0.15, 0.2) is 9.84 Å². The number of carbonyl (C=O) groups excluding carboxylic acids is 2. The minimum atomic E-state index is -3.05. The van der Waals surface area contributed by atoms with Gasteiger partial charge in [0, 0.05) is 12.1 Å². The summed E-state index contributed by atoms with van der Waals surface area (Å²) in [6.45, 7) is 4.03. The predicted octanol–water partition coefficient (Wildman–Crippen LogP) is 2.12. The minimum absolute atomic E-state index is 0.0243. The van der Waals surface area contributed by atoms with E-state index in [1.54, 1.807) is 0 Å². The lowest BCUT2D eigenvalue weighted by atomic mass is 9.96. The average Bonchev–Trinajstić information content (AvgIpc) is 2.87. The van der Waals surface area contributed by atoms with Crippen LogP contribution < -0.4 is 16.0 Å². The van der Waals surface area contributed by atoms with Crippen LogP contribution >= 0.6 is 0 Å². The fourth-order valence-electron chi connectivity index (χ4n) is 3.90. The van der Waals surface area contributed by atoms with Gasteiger partial charge in [0.1, 0.15) is 6.04 Å². The van der Waals surface area contributed by atoms with Gasteiger partial charge in [-0.3, -0.25) is 4.79 Å². The second kappa shape index (κ2) is 10.3. The summed E-state index contributed by atoms with van der Waals surface area (Å²) in [7, 11) is -3.05. The first-order valence-corrected chi connectivity index (χ1v) is 12.1. The Kier molecular flexibility index (Phi) is 8.38. The monoisotopic (exact) mass is 401 g/mol. The summed E-state index contributed by atoms with van der Waals surface area (Å²) >= 11 is 0. The first kappa shape index (κ1) is 22.0. The SMILES string of the molecule is CC(C)C[C@H](NC(=O)NC1CCS(=O)(=O)C1)C(=O)NC1CCCCCCC1. The Morgan fingerprint density at radius 3 is 2.11 bits per heavy atom. The van der Waals surface area contributed by atoms with E-state index in [1.165, 1.54) is 19.3 Å². The smallest absolute Gasteiger partial charge is 0.315 e. The Bertz CT molecular complexity index is 598. The van der Waals surface area contributed by atoms with Gasteiger partial charge in [-0.05, 0) is 31.6 Å². The number of hydrogen-bond donors (Lipinski definition) is 3. The second-order valence-corrected chi connectivity index (χ2v) is 10.7. The Balaban J connectivity index is 1.88. The second-order valence-electron chi connectivity index (χ2n) is 8.45. The molecule has 2 atom stereocenters. The zero-order valence-corrected chi connectivity index (χ0v) is 17.4. The lowest BCUT2D eigenvalue weighted by Gasteiger charge is -2.26. The Labute approximate surface area is 163 Å². The number of amides is 3. The molecule has 1 saturated heterocycles. The number of rotatable bonds is 6. The third-order valence-electron chi connectivity index (χ3n) is 5.35. The third-order valence-corrected chi connectivity index (χ3v) is 7.12. The molecule has 1 aliphatic heterocycles. The van der Waals surface area contributed by atoms with Gasteiger partial charge in [-0.1, -0.05) is 46.0 Å². The van der Waals surface area contributed by atoms with Crippen molar-refractivity contribution in [2.24, 2.45) is 5.92 Å². The van der Waals surface area contributed by atoms with Gasteiger partial charge >= 0.3 is 6.03 Å². The fourth-order valence-corrected chi connectivity index (χ4v) is 5.57. The molecule has 3 amide bonds. The fraction of sp³-hybridized carbons (Fsp3) is 0.895. The van der Waals surface area contributed by atoms with Crippen LogP contribution in [0, 0.1) is 5.92 Å². The van der Waals surface area contributed by atoms with Crippen LogP contribution in [-0.2, 0) is 14.6 Å². The molecule has 2 rings (SSSR count). The van der Waals surface area contributed by atoms with E-state index >= 15 is 0 Å². The first-order chi connectivity index (χ1) is 12.7. The largest absolute Gasteiger partial charge is 0.352 e. The lowest BCUT2D eigenvalue weighted by Crippen LogP contribution is -2.54. The Morgan fingerprint density at radius 2 is 1.56 bits per heavy atom. The van der Waals surface area contributed by atoms with E-state index in [4.69, 9.17) is 0 Å². The van der Waals surface area contributed by atoms with Gasteiger partial charge in [-0.15, -0.1) is 0 Å². The molecule has 0 spiro atoms. The highest BCUT2D eigenvalue weighted by molar-refractivity contribution is 7.91. The molecule has 8 heteroatoms. The van der Waals surface area contributed by atoms with Crippen molar-refractivity contribution >= 4 is 21.8 Å². The van der Waals surface area contributed by atoms with Crippen LogP contribution in [0.5, 0.6) is 0 Å². The van der Waals surface area contributed by atoms with E-state index in [2.05, 4.69) is 16.0 Å². The zero-order chi connectivity index (χ0) is 19.9. The summed E-state index contributed by atoms with van der Waals surface area (Å²) in [6, 6.07) is -1.26. The van der Waals surface area contributed by atoms with E-state index < -0.39 is 21.9 Å². The van der Waals surface area contributed by atoms with Gasteiger partial charge in [0.05, 0.1) is 11.5 Å². The standard InChI is InChI=1S/C19H35N3O4S/c1-14(2)12-17(18(23)20-15-8-6-4-3-5-7-9-15)22-19(24)21-16-10-11-27(25,26)13-16/h14-17H,3-13H2,1-2H3,(H,20,23)(H2,21,22,24)/t16?,17-/m0/s1. The summed E-state index contributed by atoms with van der Waals surface area (Å²) in [4.78, 5) is 25.1. The van der Waals surface area contributed by atoms with Gasteiger partial charge in [0.25, 0.3) is 0 Å². The van der Waals surface area contributed by atoms with Crippen LogP contribution in [0.3, 0.4) is 0 Å². The van der Waals surface area contributed by atoms with Crippen molar-refractivity contribution in [1.29, 1.82) is 0 Å². The highest BCUT2D eigenvalue weighted by Crippen LogP contribution is 2.17. The molecule has 156 valence electrons. The molecule has 1 unspecified atom stereocenters. The molecular weight excluding hydrogens is 366 g/mol. The molecule has 0 aromatic rings. The molecule has 3 N–H and O–H groups in total. The maximum atomic E-state index is 12.8. The van der Waals surface area contributed by atoms with E-state index in [-0.39, 0.29) is 35.4 Å². The predicted molar refractivity (Wildman–Crippen MR) is 106 cm³/mol. The number of sulfone groups is 1. The summed E-state index contributed by atoms with van der Waals surface area (Å²) in [6.07, 6.45) is 8.93. The lowest BCUT2D eigenvalue weighted by molar-refractivity contribution is -0.124. The van der Waals surface area contributed by atoms with Crippen molar-refractivity contribution in [3.05, 3.63) is 0 Å². The molecule has 0 aromatic carbocycles. The highest BCUT2D eigenvalue weighted by Gasteiger charge is 2.30. The van der Waals surface area contributed by atoms with Crippen LogP contribution in [0.25, 0.3) is 0 Å². The van der Waals surface area contributed by atoms with Crippen molar-refractivity contribution in [2.45, 2.75) is 89.8 Å². The normalized spacial score (nSPS) is 24.6. The van der Waals surface area contributed by atoms with Crippen LogP contribution in [0.1, 0.15) is 71.6 Å². The van der Waals surface area contributed by atoms with E-state index in [9.17, 15) is 18.0 Å². The maximum Gasteiger partial charge on any atom is 0.315 e. The molecule has 0 aromatic heterocycles. The number of urea groups is 1. The van der Waals surface area contributed by atoms with Crippen molar-refractivity contribution in [1.82, 2.24) is 16.0 Å².